The van der Waals surface area contributed by atoms with Gasteiger partial charge in [-0.2, -0.15) is 0 Å². The second-order valence-corrected chi connectivity index (χ2v) is 8.96. The maximum absolute atomic E-state index is 11.9. The van der Waals surface area contributed by atoms with Crippen molar-refractivity contribution >= 4 is 16.6 Å². The molecule has 0 aromatic heterocycles. The minimum absolute atomic E-state index is 0.116. The largest absolute Gasteiger partial charge is 0.494 e. The number of carbonyl (C=O) groups excluding carboxylic acids is 1. The molecule has 3 rings (SSSR count). The summed E-state index contributed by atoms with van der Waals surface area (Å²) in [6.07, 6.45) is 1.38. The normalized spacial score (nSPS) is 35.0. The van der Waals surface area contributed by atoms with E-state index in [1.807, 2.05) is 0 Å². The number of carbonyl (C=O) groups is 1. The quantitative estimate of drug-likeness (QED) is 0.470. The molecule has 1 spiro atoms. The van der Waals surface area contributed by atoms with Crippen molar-refractivity contribution in [1.29, 1.82) is 0 Å². The Kier molecular flexibility index (Phi) is 4.55. The first kappa shape index (κ1) is 18.5. The van der Waals surface area contributed by atoms with Crippen LogP contribution in [0.25, 0.3) is 0 Å². The smallest absolute Gasteiger partial charge is 0.328 e. The molecular formula is C15H24N2O7S. The van der Waals surface area contributed by atoms with Gasteiger partial charge in [0.05, 0.1) is 10.5 Å². The number of urea groups is 1. The van der Waals surface area contributed by atoms with E-state index < -0.39 is 40.0 Å². The van der Waals surface area contributed by atoms with Gasteiger partial charge in [0.2, 0.25) is 5.88 Å². The van der Waals surface area contributed by atoms with Crippen LogP contribution >= 0.6 is 10.6 Å². The second-order valence-electron chi connectivity index (χ2n) is 6.64. The summed E-state index contributed by atoms with van der Waals surface area (Å²) in [5.74, 6) is -0.518. The molecule has 0 aromatic rings. The molecule has 10 heteroatoms. The van der Waals surface area contributed by atoms with Crippen LogP contribution in [-0.2, 0) is 4.74 Å². The van der Waals surface area contributed by atoms with Gasteiger partial charge >= 0.3 is 6.03 Å². The molecule has 25 heavy (non-hydrogen) atoms. The van der Waals surface area contributed by atoms with Crippen LogP contribution in [0.15, 0.2) is 22.4 Å². The number of amides is 2. The fraction of sp³-hybridized carbons (Fsp3) is 0.667. The summed E-state index contributed by atoms with van der Waals surface area (Å²) in [5, 5.41) is 30.7. The third-order valence-corrected chi connectivity index (χ3v) is 7.66. The van der Waals surface area contributed by atoms with E-state index in [-0.39, 0.29) is 10.5 Å². The Morgan fingerprint density at radius 1 is 1.20 bits per heavy atom. The van der Waals surface area contributed by atoms with Crippen LogP contribution in [0.4, 0.5) is 4.79 Å². The van der Waals surface area contributed by atoms with E-state index in [0.29, 0.717) is 12.8 Å². The van der Waals surface area contributed by atoms with Crippen molar-refractivity contribution in [2.75, 3.05) is 14.1 Å². The summed E-state index contributed by atoms with van der Waals surface area (Å²) in [5.41, 5.74) is -0.116. The number of aliphatic hydroxyl groups excluding tert-OH is 3. The van der Waals surface area contributed by atoms with Crippen molar-refractivity contribution < 1.29 is 34.0 Å². The second kappa shape index (κ2) is 6.15. The Balaban J connectivity index is 2.04. The van der Waals surface area contributed by atoms with Crippen LogP contribution in [0.2, 0.25) is 0 Å². The van der Waals surface area contributed by atoms with E-state index in [0.717, 1.165) is 35.1 Å². The minimum atomic E-state index is -3.48. The number of nitrogens with zero attached hydrogens (tertiary/aromatic N) is 2. The van der Waals surface area contributed by atoms with Crippen LogP contribution in [0.3, 0.4) is 0 Å². The molecule has 0 aromatic carbocycles. The van der Waals surface area contributed by atoms with Gasteiger partial charge in [0, 0.05) is 14.1 Å². The molecule has 1 aliphatic carbocycles. The van der Waals surface area contributed by atoms with E-state index in [4.69, 9.17) is 4.74 Å². The number of likely N-dealkylation sites (N-methyl/N-ethyl adjacent to an activating group) is 1. The lowest BCUT2D eigenvalue weighted by Crippen LogP contribution is -2.50. The van der Waals surface area contributed by atoms with Gasteiger partial charge in [-0.05, 0) is 31.8 Å². The lowest BCUT2D eigenvalue weighted by atomic mass is 9.97. The third-order valence-electron chi connectivity index (χ3n) is 5.14. The van der Waals surface area contributed by atoms with E-state index in [1.54, 1.807) is 0 Å². The van der Waals surface area contributed by atoms with Gasteiger partial charge in [0.1, 0.15) is 0 Å². The molecular weight excluding hydrogens is 352 g/mol. The lowest BCUT2D eigenvalue weighted by Gasteiger charge is -2.46. The van der Waals surface area contributed by atoms with Gasteiger partial charge < -0.3 is 20.1 Å². The van der Waals surface area contributed by atoms with Gasteiger partial charge in [-0.25, -0.2) is 4.79 Å². The van der Waals surface area contributed by atoms with Gasteiger partial charge in [-0.3, -0.25) is 18.9 Å². The Labute approximate surface area is 147 Å². The van der Waals surface area contributed by atoms with Gasteiger partial charge in [0.25, 0.3) is 0 Å². The highest BCUT2D eigenvalue weighted by Crippen LogP contribution is 2.70. The molecule has 142 valence electrons. The summed E-state index contributed by atoms with van der Waals surface area (Å²) >= 11 is 0. The summed E-state index contributed by atoms with van der Waals surface area (Å²) in [4.78, 5) is 12.3. The lowest BCUT2D eigenvalue weighted by molar-refractivity contribution is -0.124. The Morgan fingerprint density at radius 3 is 2.40 bits per heavy atom. The van der Waals surface area contributed by atoms with Gasteiger partial charge in [-0.15, -0.1) is 10.6 Å². The Bertz CT molecular complexity index is 642. The molecule has 2 fully saturated rings. The molecule has 2 unspecified atom stereocenters. The summed E-state index contributed by atoms with van der Waals surface area (Å²) in [6, 6.07) is -0.620. The topological polar surface area (TPSA) is 134 Å². The average molecular weight is 376 g/mol. The molecule has 2 aliphatic heterocycles. The zero-order valence-corrected chi connectivity index (χ0v) is 14.9. The van der Waals surface area contributed by atoms with Crippen LogP contribution in [0.5, 0.6) is 0 Å². The maximum atomic E-state index is 11.9. The van der Waals surface area contributed by atoms with Crippen LogP contribution < -0.4 is 0 Å². The van der Waals surface area contributed by atoms with Crippen molar-refractivity contribution in [3.8, 4) is 0 Å². The van der Waals surface area contributed by atoms with E-state index in [1.165, 1.54) is 14.1 Å². The fourth-order valence-corrected chi connectivity index (χ4v) is 5.71. The number of aliphatic hydroxyl groups is 3. The first-order valence-electron chi connectivity index (χ1n) is 8.09. The van der Waals surface area contributed by atoms with Crippen molar-refractivity contribution in [1.82, 2.24) is 9.80 Å². The van der Waals surface area contributed by atoms with E-state index >= 15 is 0 Å². The number of hydrogen-bond donors (Lipinski definition) is 5. The first-order chi connectivity index (χ1) is 11.6. The third kappa shape index (κ3) is 2.64. The highest BCUT2D eigenvalue weighted by molar-refractivity contribution is 8.28. The van der Waals surface area contributed by atoms with Crippen molar-refractivity contribution in [3.05, 3.63) is 22.4 Å². The summed E-state index contributed by atoms with van der Waals surface area (Å²) in [6.45, 7) is 0. The van der Waals surface area contributed by atoms with Crippen LogP contribution in [0.1, 0.15) is 32.1 Å². The zero-order valence-electron chi connectivity index (χ0n) is 14.1. The molecule has 1 saturated heterocycles. The fourth-order valence-electron chi connectivity index (χ4n) is 3.57. The molecule has 9 nitrogen and oxygen atoms in total. The highest BCUT2D eigenvalue weighted by Gasteiger charge is 2.56. The Morgan fingerprint density at radius 2 is 1.80 bits per heavy atom. The SMILES string of the molecule is CN1C(=O)N(C)C(O)C(C=C2C(O)OC3(CCCCC3)S2(O)O)=C1O. The van der Waals surface area contributed by atoms with Crippen molar-refractivity contribution in [2.45, 2.75) is 49.6 Å². The summed E-state index contributed by atoms with van der Waals surface area (Å²) in [7, 11) is -0.820. The van der Waals surface area contributed by atoms with Crippen molar-refractivity contribution in [3.63, 3.8) is 0 Å². The monoisotopic (exact) mass is 376 g/mol. The standard InChI is InChI=1S/C15H24N2O7S/c1-16-11(18)9(12(19)17(2)14(16)21)8-10-13(20)24-15(25(10,22)23)6-4-3-5-7-15/h8,11,13,18-20,22-23H,3-7H2,1-2H3. The molecule has 0 bridgehead atoms. The first-order valence-corrected chi connectivity index (χ1v) is 9.64. The van der Waals surface area contributed by atoms with Gasteiger partial charge in [-0.1, -0.05) is 6.42 Å². The maximum Gasteiger partial charge on any atom is 0.328 e. The molecule has 1 saturated carbocycles. The molecule has 2 atom stereocenters. The molecule has 2 heterocycles. The predicted octanol–water partition coefficient (Wildman–Crippen LogP) is 1.72. The number of ether oxygens (including phenoxy) is 1. The van der Waals surface area contributed by atoms with Gasteiger partial charge in [0.15, 0.2) is 17.5 Å². The molecule has 3 aliphatic rings. The van der Waals surface area contributed by atoms with Crippen molar-refractivity contribution in [2.24, 2.45) is 0 Å². The minimum Gasteiger partial charge on any atom is -0.494 e. The highest BCUT2D eigenvalue weighted by atomic mass is 32.3. The average Bonchev–Trinajstić information content (AvgIpc) is 2.75. The summed E-state index contributed by atoms with van der Waals surface area (Å²) < 4.78 is 27.1. The predicted molar refractivity (Wildman–Crippen MR) is 90.4 cm³/mol. The van der Waals surface area contributed by atoms with Crippen LogP contribution in [0, 0.1) is 0 Å². The molecule has 0 radical (unpaired) electrons. The van der Waals surface area contributed by atoms with Crippen LogP contribution in [-0.4, -0.2) is 71.8 Å². The number of hydrogen-bond acceptors (Lipinski definition) is 7. The van der Waals surface area contributed by atoms with E-state index in [2.05, 4.69) is 0 Å². The zero-order chi connectivity index (χ0) is 18.6. The molecule has 2 amide bonds. The Hall–Kier alpha value is -1.30. The van der Waals surface area contributed by atoms with E-state index in [9.17, 15) is 29.2 Å². The number of rotatable bonds is 1. The molecule has 5 N–H and O–H groups in total.